The zero-order valence-corrected chi connectivity index (χ0v) is 26.0. The predicted molar refractivity (Wildman–Crippen MR) is 172 cm³/mol. The zero-order valence-electron chi connectivity index (χ0n) is 26.0. The number of carbonyl (C=O) groups excluding carboxylic acids is 2. The lowest BCUT2D eigenvalue weighted by Crippen LogP contribution is -2.48. The second kappa shape index (κ2) is 15.6. The minimum absolute atomic E-state index is 0.00101. The van der Waals surface area contributed by atoms with E-state index in [0.717, 1.165) is 34.4 Å². The summed E-state index contributed by atoms with van der Waals surface area (Å²) in [6, 6.07) is 22.7. The highest BCUT2D eigenvalue weighted by Crippen LogP contribution is 2.44. The molecule has 0 heterocycles. The molecule has 0 radical (unpaired) electrons. The van der Waals surface area contributed by atoms with Gasteiger partial charge in [0.25, 0.3) is 0 Å². The molecule has 0 bridgehead atoms. The average molecular weight is 587 g/mol. The van der Waals surface area contributed by atoms with Crippen LogP contribution in [0.2, 0.25) is 0 Å². The van der Waals surface area contributed by atoms with Gasteiger partial charge in [-0.15, -0.1) is 0 Å². The molecule has 0 saturated carbocycles. The molecule has 4 rings (SSSR count). The van der Waals surface area contributed by atoms with Gasteiger partial charge in [-0.25, -0.2) is 4.79 Å². The van der Waals surface area contributed by atoms with E-state index in [9.17, 15) is 9.59 Å². The van der Waals surface area contributed by atoms with Gasteiger partial charge < -0.3 is 24.8 Å². The second-order valence-corrected chi connectivity index (χ2v) is 12.1. The molecule has 1 unspecified atom stereocenters. The first-order valence-corrected chi connectivity index (χ1v) is 15.5. The molecule has 0 aliphatic heterocycles. The molecular weight excluding hydrogens is 540 g/mol. The minimum Gasteiger partial charge on any atom is -0.494 e. The number of hydrogen-bond donors (Lipinski definition) is 2. The Morgan fingerprint density at radius 3 is 2.05 bits per heavy atom. The number of unbranched alkanes of at least 4 members (excludes halogenated alkanes) is 5. The van der Waals surface area contributed by atoms with Crippen LogP contribution in [-0.2, 0) is 14.3 Å². The Morgan fingerprint density at radius 2 is 1.42 bits per heavy atom. The highest BCUT2D eigenvalue weighted by Gasteiger charge is 2.30. The first kappa shape index (κ1) is 32.1. The molecule has 230 valence electrons. The molecule has 3 aromatic carbocycles. The molecule has 7 heteroatoms. The molecule has 2 N–H and O–H groups in total. The summed E-state index contributed by atoms with van der Waals surface area (Å²) >= 11 is 0. The SMILES string of the molecule is CCCCCCCCOc1ccc(NC(=O)C(COC(C)(C)C)NC(=O)OCC2c3ccccc3-c3ccccc32)cc1. The zero-order chi connectivity index (χ0) is 30.7. The van der Waals surface area contributed by atoms with E-state index in [2.05, 4.69) is 41.8 Å². The largest absolute Gasteiger partial charge is 0.494 e. The number of amides is 2. The Morgan fingerprint density at radius 1 is 0.814 bits per heavy atom. The lowest BCUT2D eigenvalue weighted by molar-refractivity contribution is -0.121. The third-order valence-electron chi connectivity index (χ3n) is 7.52. The fourth-order valence-corrected chi connectivity index (χ4v) is 5.23. The van der Waals surface area contributed by atoms with Crippen molar-refractivity contribution in [1.82, 2.24) is 5.32 Å². The molecule has 0 spiro atoms. The van der Waals surface area contributed by atoms with Crippen molar-refractivity contribution in [3.8, 4) is 16.9 Å². The number of nitrogens with one attached hydrogen (secondary N) is 2. The number of alkyl carbamates (subject to hydrolysis) is 1. The van der Waals surface area contributed by atoms with Crippen molar-refractivity contribution in [2.75, 3.05) is 25.1 Å². The van der Waals surface area contributed by atoms with Crippen LogP contribution >= 0.6 is 0 Å². The van der Waals surface area contributed by atoms with Gasteiger partial charge in [0.15, 0.2) is 0 Å². The molecule has 1 atom stereocenters. The lowest BCUT2D eigenvalue weighted by Gasteiger charge is -2.25. The number of carbonyl (C=O) groups is 2. The van der Waals surface area contributed by atoms with Gasteiger partial charge >= 0.3 is 6.09 Å². The number of fused-ring (bicyclic) bond motifs is 3. The number of hydrogen-bond acceptors (Lipinski definition) is 5. The van der Waals surface area contributed by atoms with Crippen LogP contribution in [0.1, 0.15) is 83.3 Å². The van der Waals surface area contributed by atoms with E-state index in [4.69, 9.17) is 14.2 Å². The Labute approximate surface area is 256 Å². The van der Waals surface area contributed by atoms with Gasteiger partial charge in [0.1, 0.15) is 18.4 Å². The maximum Gasteiger partial charge on any atom is 0.407 e. The van der Waals surface area contributed by atoms with E-state index in [1.807, 2.05) is 57.2 Å². The highest BCUT2D eigenvalue weighted by atomic mass is 16.5. The Balaban J connectivity index is 1.31. The summed E-state index contributed by atoms with van der Waals surface area (Å²) in [4.78, 5) is 26.2. The highest BCUT2D eigenvalue weighted by molar-refractivity contribution is 5.96. The van der Waals surface area contributed by atoms with E-state index >= 15 is 0 Å². The molecule has 1 aliphatic carbocycles. The number of rotatable bonds is 15. The Bertz CT molecular complexity index is 1290. The minimum atomic E-state index is -0.946. The molecule has 0 saturated heterocycles. The van der Waals surface area contributed by atoms with Crippen molar-refractivity contribution >= 4 is 17.7 Å². The van der Waals surface area contributed by atoms with Gasteiger partial charge in [-0.1, -0.05) is 87.6 Å². The van der Waals surface area contributed by atoms with E-state index in [1.165, 1.54) is 32.1 Å². The Kier molecular flexibility index (Phi) is 11.6. The van der Waals surface area contributed by atoms with Gasteiger partial charge in [0, 0.05) is 11.6 Å². The van der Waals surface area contributed by atoms with Gasteiger partial charge in [-0.05, 0) is 73.7 Å². The normalized spacial score (nSPS) is 13.1. The van der Waals surface area contributed by atoms with E-state index < -0.39 is 23.6 Å². The molecule has 7 nitrogen and oxygen atoms in total. The van der Waals surface area contributed by atoms with Crippen LogP contribution in [0.4, 0.5) is 10.5 Å². The molecular formula is C36H46N2O5. The van der Waals surface area contributed by atoms with Crippen LogP contribution in [0.5, 0.6) is 5.75 Å². The predicted octanol–water partition coefficient (Wildman–Crippen LogP) is 8.09. The lowest BCUT2D eigenvalue weighted by atomic mass is 9.98. The van der Waals surface area contributed by atoms with E-state index in [1.54, 1.807) is 12.1 Å². The van der Waals surface area contributed by atoms with Crippen LogP contribution in [0.3, 0.4) is 0 Å². The van der Waals surface area contributed by atoms with Gasteiger partial charge in [0.05, 0.1) is 18.8 Å². The summed E-state index contributed by atoms with van der Waals surface area (Å²) < 4.78 is 17.4. The molecule has 2 amide bonds. The third-order valence-corrected chi connectivity index (χ3v) is 7.52. The number of anilines is 1. The third kappa shape index (κ3) is 9.58. The molecule has 43 heavy (non-hydrogen) atoms. The standard InChI is InChI=1S/C36H46N2O5/c1-5-6-7-8-9-14-23-41-27-21-19-26(20-22-27)37-34(39)33(25-43-36(2,3)4)38-35(40)42-24-32-30-17-12-10-15-28(30)29-16-11-13-18-31(29)32/h10-13,15-22,32-33H,5-9,14,23-25H2,1-4H3,(H,37,39)(H,38,40). The van der Waals surface area contributed by atoms with E-state index in [-0.39, 0.29) is 19.1 Å². The first-order valence-electron chi connectivity index (χ1n) is 15.5. The smallest absolute Gasteiger partial charge is 0.407 e. The van der Waals surface area contributed by atoms with Crippen LogP contribution < -0.4 is 15.4 Å². The van der Waals surface area contributed by atoms with Crippen LogP contribution in [0.25, 0.3) is 11.1 Å². The van der Waals surface area contributed by atoms with Gasteiger partial charge in [-0.3, -0.25) is 4.79 Å². The topological polar surface area (TPSA) is 85.9 Å². The summed E-state index contributed by atoms with van der Waals surface area (Å²) in [6.07, 6.45) is 6.59. The quantitative estimate of drug-likeness (QED) is 0.176. The maximum absolute atomic E-state index is 13.3. The monoisotopic (exact) mass is 586 g/mol. The first-order chi connectivity index (χ1) is 20.7. The number of ether oxygens (including phenoxy) is 3. The summed E-state index contributed by atoms with van der Waals surface area (Å²) in [6.45, 7) is 8.76. The summed E-state index contributed by atoms with van der Waals surface area (Å²) in [5.41, 5.74) is 4.68. The van der Waals surface area contributed by atoms with Crippen LogP contribution in [0.15, 0.2) is 72.8 Å². The van der Waals surface area contributed by atoms with E-state index in [0.29, 0.717) is 12.3 Å². The van der Waals surface area contributed by atoms with Crippen LogP contribution in [0, 0.1) is 0 Å². The van der Waals surface area contributed by atoms with Crippen molar-refractivity contribution in [3.63, 3.8) is 0 Å². The van der Waals surface area contributed by atoms with Crippen molar-refractivity contribution < 1.29 is 23.8 Å². The van der Waals surface area contributed by atoms with Crippen molar-refractivity contribution in [2.45, 2.75) is 83.8 Å². The van der Waals surface area contributed by atoms with Gasteiger partial charge in [-0.2, -0.15) is 0 Å². The molecule has 0 aromatic heterocycles. The summed E-state index contributed by atoms with van der Waals surface area (Å²) in [7, 11) is 0. The number of benzene rings is 3. The summed E-state index contributed by atoms with van der Waals surface area (Å²) in [5, 5.41) is 5.61. The summed E-state index contributed by atoms with van der Waals surface area (Å²) in [5.74, 6) is 0.299. The maximum atomic E-state index is 13.3. The van der Waals surface area contributed by atoms with Crippen molar-refractivity contribution in [2.24, 2.45) is 0 Å². The average Bonchev–Trinajstić information content (AvgIpc) is 3.31. The fraction of sp³-hybridized carbons (Fsp3) is 0.444. The molecule has 3 aromatic rings. The van der Waals surface area contributed by atoms with Crippen LogP contribution in [-0.4, -0.2) is 43.5 Å². The fourth-order valence-electron chi connectivity index (χ4n) is 5.23. The molecule has 0 fully saturated rings. The van der Waals surface area contributed by atoms with Crippen molar-refractivity contribution in [1.29, 1.82) is 0 Å². The molecule has 1 aliphatic rings. The second-order valence-electron chi connectivity index (χ2n) is 12.1. The Hall–Kier alpha value is -3.84. The van der Waals surface area contributed by atoms with Crippen molar-refractivity contribution in [3.05, 3.63) is 83.9 Å². The van der Waals surface area contributed by atoms with Gasteiger partial charge in [0.2, 0.25) is 5.91 Å².